The highest BCUT2D eigenvalue weighted by atomic mass is 19.1. The van der Waals surface area contributed by atoms with Gasteiger partial charge in [0.25, 0.3) is 0 Å². The van der Waals surface area contributed by atoms with Crippen LogP contribution in [-0.4, -0.2) is 40.5 Å². The van der Waals surface area contributed by atoms with Crippen LogP contribution in [0.1, 0.15) is 12.0 Å². The molecule has 3 aromatic rings. The molecule has 27 heavy (non-hydrogen) atoms. The van der Waals surface area contributed by atoms with E-state index in [1.54, 1.807) is 24.1 Å². The molecule has 7 heteroatoms. The zero-order valence-electron chi connectivity index (χ0n) is 14.9. The number of amides is 2. The Kier molecular flexibility index (Phi) is 4.35. The molecule has 2 aromatic carbocycles. The van der Waals surface area contributed by atoms with Gasteiger partial charge in [0.1, 0.15) is 5.82 Å². The van der Waals surface area contributed by atoms with Gasteiger partial charge in [0.2, 0.25) is 11.8 Å². The number of rotatable bonds is 4. The van der Waals surface area contributed by atoms with E-state index in [1.807, 2.05) is 30.3 Å². The van der Waals surface area contributed by atoms with Crippen LogP contribution >= 0.6 is 0 Å². The van der Waals surface area contributed by atoms with Crippen LogP contribution in [0.2, 0.25) is 0 Å². The van der Waals surface area contributed by atoms with Gasteiger partial charge in [-0.15, -0.1) is 0 Å². The van der Waals surface area contributed by atoms with Crippen molar-refractivity contribution in [3.05, 3.63) is 59.9 Å². The average Bonchev–Trinajstić information content (AvgIpc) is 3.26. The molecule has 2 heterocycles. The number of fused-ring (bicyclic) bond motifs is 1. The third-order valence-corrected chi connectivity index (χ3v) is 4.89. The van der Waals surface area contributed by atoms with Gasteiger partial charge < -0.3 is 4.90 Å². The van der Waals surface area contributed by atoms with Crippen LogP contribution in [0, 0.1) is 11.7 Å². The lowest BCUT2D eigenvalue weighted by atomic mass is 10.1. The topological polar surface area (TPSA) is 69.3 Å². The molecular formula is C20H19FN4O2. The molecule has 6 nitrogen and oxygen atoms in total. The molecule has 0 radical (unpaired) electrons. The van der Waals surface area contributed by atoms with Gasteiger partial charge >= 0.3 is 0 Å². The Morgan fingerprint density at radius 2 is 2.04 bits per heavy atom. The van der Waals surface area contributed by atoms with Crippen LogP contribution in [0.5, 0.6) is 0 Å². The van der Waals surface area contributed by atoms with E-state index in [1.165, 1.54) is 11.0 Å². The van der Waals surface area contributed by atoms with Gasteiger partial charge in [-0.3, -0.25) is 19.6 Å². The second kappa shape index (κ2) is 6.83. The van der Waals surface area contributed by atoms with Gasteiger partial charge in [0.15, 0.2) is 5.82 Å². The fourth-order valence-electron chi connectivity index (χ4n) is 3.53. The smallest absolute Gasteiger partial charge is 0.229 e. The number of carbonyl (C=O) groups excluding carboxylic acids is 2. The number of hydrogen-bond acceptors (Lipinski definition) is 3. The fraction of sp³-hybridized carbons (Fsp3) is 0.250. The Morgan fingerprint density at radius 1 is 1.26 bits per heavy atom. The van der Waals surface area contributed by atoms with Crippen LogP contribution in [0.3, 0.4) is 0 Å². The number of carbonyl (C=O) groups is 2. The summed E-state index contributed by atoms with van der Waals surface area (Å²) in [4.78, 5) is 28.3. The van der Waals surface area contributed by atoms with Gasteiger partial charge in [-0.25, -0.2) is 4.39 Å². The molecule has 0 bridgehead atoms. The largest absolute Gasteiger partial charge is 0.341 e. The number of aromatic nitrogens is 2. The number of nitrogens with zero attached hydrogens (tertiary/aromatic N) is 3. The van der Waals surface area contributed by atoms with E-state index in [9.17, 15) is 14.0 Å². The van der Waals surface area contributed by atoms with Crippen molar-refractivity contribution in [1.82, 2.24) is 15.1 Å². The van der Waals surface area contributed by atoms with Gasteiger partial charge in [0, 0.05) is 26.6 Å². The second-order valence-electron chi connectivity index (χ2n) is 6.79. The minimum absolute atomic E-state index is 0.0980. The molecule has 1 aliphatic heterocycles. The fourth-order valence-corrected chi connectivity index (χ4v) is 3.53. The molecule has 1 saturated heterocycles. The highest BCUT2D eigenvalue weighted by molar-refractivity contribution is 6.05. The molecule has 0 aliphatic carbocycles. The van der Waals surface area contributed by atoms with E-state index >= 15 is 0 Å². The molecule has 1 N–H and O–H groups in total. The standard InChI is InChI=1S/C20H19FN4O2/c1-24(11-13-6-3-2-4-7-13)20(27)14-10-17(26)25(12-14)19-18-15(21)8-5-9-16(18)22-23-19/h2-9,14H,10-12H2,1H3,(H,22,23). The monoisotopic (exact) mass is 366 g/mol. The maximum Gasteiger partial charge on any atom is 0.229 e. The van der Waals surface area contributed by atoms with E-state index in [0.717, 1.165) is 5.56 Å². The molecule has 1 aliphatic rings. The van der Waals surface area contributed by atoms with Crippen molar-refractivity contribution in [2.24, 2.45) is 5.92 Å². The molecule has 1 fully saturated rings. The Balaban J connectivity index is 1.52. The lowest BCUT2D eigenvalue weighted by Crippen LogP contribution is -2.34. The maximum absolute atomic E-state index is 14.2. The van der Waals surface area contributed by atoms with E-state index in [0.29, 0.717) is 12.1 Å². The van der Waals surface area contributed by atoms with Crippen molar-refractivity contribution in [3.8, 4) is 0 Å². The molecule has 2 amide bonds. The van der Waals surface area contributed by atoms with Crippen molar-refractivity contribution in [1.29, 1.82) is 0 Å². The van der Waals surface area contributed by atoms with Gasteiger partial charge in [-0.1, -0.05) is 36.4 Å². The first-order valence-corrected chi connectivity index (χ1v) is 8.76. The third-order valence-electron chi connectivity index (χ3n) is 4.89. The molecule has 0 spiro atoms. The van der Waals surface area contributed by atoms with Crippen LogP contribution in [0.25, 0.3) is 10.9 Å². The molecule has 138 valence electrons. The molecule has 0 saturated carbocycles. The molecule has 4 rings (SSSR count). The summed E-state index contributed by atoms with van der Waals surface area (Å²) in [5, 5.41) is 7.13. The van der Waals surface area contributed by atoms with E-state index in [4.69, 9.17) is 0 Å². The van der Waals surface area contributed by atoms with E-state index in [2.05, 4.69) is 10.2 Å². The predicted octanol–water partition coefficient (Wildman–Crippen LogP) is 2.71. The lowest BCUT2D eigenvalue weighted by Gasteiger charge is -2.21. The Hall–Kier alpha value is -3.22. The van der Waals surface area contributed by atoms with Crippen LogP contribution in [-0.2, 0) is 16.1 Å². The summed E-state index contributed by atoms with van der Waals surface area (Å²) >= 11 is 0. The normalized spacial score (nSPS) is 16.9. The second-order valence-corrected chi connectivity index (χ2v) is 6.79. The SMILES string of the molecule is CN(Cc1ccccc1)C(=O)C1CC(=O)N(c2n[nH]c3cccc(F)c23)C1. The van der Waals surface area contributed by atoms with Crippen LogP contribution in [0.4, 0.5) is 10.2 Å². The zero-order valence-corrected chi connectivity index (χ0v) is 14.9. The van der Waals surface area contributed by atoms with Crippen molar-refractivity contribution in [3.63, 3.8) is 0 Å². The van der Waals surface area contributed by atoms with Crippen LogP contribution in [0.15, 0.2) is 48.5 Å². The molecule has 1 unspecified atom stereocenters. The first-order chi connectivity index (χ1) is 13.0. The summed E-state index contributed by atoms with van der Waals surface area (Å²) in [5.41, 5.74) is 1.55. The zero-order chi connectivity index (χ0) is 19.0. The Labute approximate surface area is 155 Å². The van der Waals surface area contributed by atoms with Gasteiger partial charge in [-0.2, -0.15) is 5.10 Å². The number of anilines is 1. The quantitative estimate of drug-likeness (QED) is 0.772. The third kappa shape index (κ3) is 3.16. The molecular weight excluding hydrogens is 347 g/mol. The molecule has 1 atom stereocenters. The predicted molar refractivity (Wildman–Crippen MR) is 99.4 cm³/mol. The minimum Gasteiger partial charge on any atom is -0.341 e. The minimum atomic E-state index is -0.468. The van der Waals surface area contributed by atoms with Gasteiger partial charge in [-0.05, 0) is 17.7 Å². The average molecular weight is 366 g/mol. The Bertz CT molecular complexity index is 1000. The maximum atomic E-state index is 14.2. The summed E-state index contributed by atoms with van der Waals surface area (Å²) in [6.07, 6.45) is 0.0980. The highest BCUT2D eigenvalue weighted by Gasteiger charge is 2.38. The summed E-state index contributed by atoms with van der Waals surface area (Å²) in [6.45, 7) is 0.676. The van der Waals surface area contributed by atoms with E-state index in [-0.39, 0.29) is 36.0 Å². The Morgan fingerprint density at radius 3 is 2.81 bits per heavy atom. The van der Waals surface area contributed by atoms with E-state index < -0.39 is 11.7 Å². The van der Waals surface area contributed by atoms with Gasteiger partial charge in [0.05, 0.1) is 16.8 Å². The number of benzene rings is 2. The first-order valence-electron chi connectivity index (χ1n) is 8.76. The number of nitrogens with one attached hydrogen (secondary N) is 1. The number of hydrogen-bond donors (Lipinski definition) is 1. The van der Waals surface area contributed by atoms with Crippen molar-refractivity contribution in [2.75, 3.05) is 18.5 Å². The van der Waals surface area contributed by atoms with Crippen molar-refractivity contribution in [2.45, 2.75) is 13.0 Å². The molecule has 1 aromatic heterocycles. The summed E-state index contributed by atoms with van der Waals surface area (Å²) in [7, 11) is 1.73. The summed E-state index contributed by atoms with van der Waals surface area (Å²) in [6, 6.07) is 14.3. The number of H-pyrrole nitrogens is 1. The first kappa shape index (κ1) is 17.2. The van der Waals surface area contributed by atoms with Crippen molar-refractivity contribution >= 4 is 28.5 Å². The lowest BCUT2D eigenvalue weighted by molar-refractivity contribution is -0.135. The van der Waals surface area contributed by atoms with Crippen molar-refractivity contribution < 1.29 is 14.0 Å². The summed E-state index contributed by atoms with van der Waals surface area (Å²) < 4.78 is 14.2. The number of halogens is 1. The summed E-state index contributed by atoms with van der Waals surface area (Å²) in [5.74, 6) is -0.994. The highest BCUT2D eigenvalue weighted by Crippen LogP contribution is 2.31. The van der Waals surface area contributed by atoms with Crippen LogP contribution < -0.4 is 4.90 Å². The number of aromatic amines is 1.